The lowest BCUT2D eigenvalue weighted by atomic mass is 10.0. The normalized spacial score (nSPS) is 24.7. The molecule has 2 aromatic rings. The van der Waals surface area contributed by atoms with E-state index >= 15 is 0 Å². The molecule has 214 valence electrons. The van der Waals surface area contributed by atoms with Gasteiger partial charge in [-0.1, -0.05) is 43.9 Å². The molecular formula is C26H37N4O8P. The molecule has 0 bridgehead atoms. The second-order valence-corrected chi connectivity index (χ2v) is 10.8. The summed E-state index contributed by atoms with van der Waals surface area (Å²) in [4.78, 5) is 28.5. The number of aliphatic hydroxyl groups excluding tert-OH is 1. The number of anilines is 1. The smallest absolute Gasteiger partial charge is 0.351 e. The summed E-state index contributed by atoms with van der Waals surface area (Å²) in [5.74, 6) is 0.488. The Morgan fingerprint density at radius 1 is 1.21 bits per heavy atom. The molecule has 12 nitrogen and oxygen atoms in total. The highest BCUT2D eigenvalue weighted by Gasteiger charge is 2.46. The summed E-state index contributed by atoms with van der Waals surface area (Å²) >= 11 is 0. The Morgan fingerprint density at radius 3 is 2.64 bits per heavy atom. The van der Waals surface area contributed by atoms with Crippen LogP contribution in [0.25, 0.3) is 0 Å². The molecule has 2 aliphatic rings. The number of nitrogens with zero attached hydrogens (tertiary/aromatic N) is 2. The van der Waals surface area contributed by atoms with Crippen LogP contribution in [0.2, 0.25) is 0 Å². The van der Waals surface area contributed by atoms with Crippen LogP contribution in [0.4, 0.5) is 5.82 Å². The van der Waals surface area contributed by atoms with E-state index in [1.54, 1.807) is 12.1 Å². The number of carbonyl (C=O) groups excluding carboxylic acids is 1. The Kier molecular flexibility index (Phi) is 11.1. The van der Waals surface area contributed by atoms with Crippen molar-refractivity contribution in [3.63, 3.8) is 0 Å². The van der Waals surface area contributed by atoms with Crippen LogP contribution in [0, 0.1) is 5.92 Å². The van der Waals surface area contributed by atoms with Gasteiger partial charge < -0.3 is 34.1 Å². The first-order valence-corrected chi connectivity index (χ1v) is 14.4. The van der Waals surface area contributed by atoms with Crippen LogP contribution in [0.3, 0.4) is 0 Å². The topological polar surface area (TPSA) is 156 Å². The molecule has 0 spiro atoms. The molecule has 4 rings (SSSR count). The van der Waals surface area contributed by atoms with Crippen LogP contribution in [0.15, 0.2) is 47.4 Å². The zero-order chi connectivity index (χ0) is 27.6. The number of aromatic nitrogens is 2. The van der Waals surface area contributed by atoms with Crippen molar-refractivity contribution < 1.29 is 33.2 Å². The number of aliphatic hydroxyl groups is 1. The van der Waals surface area contributed by atoms with Crippen molar-refractivity contribution >= 4 is 20.3 Å². The fourth-order valence-electron chi connectivity index (χ4n) is 4.70. The predicted octanol–water partition coefficient (Wildman–Crippen LogP) is 2.52. The SMILES string of the molecule is COC1C(O)[C@@H](COP(NCCOC(=O)C2CCCCCC2)Oc2ccccc2)O[C@H]1n1ccc(N)nc1=O. The van der Waals surface area contributed by atoms with Crippen molar-refractivity contribution in [1.82, 2.24) is 14.6 Å². The number of benzene rings is 1. The third-order valence-electron chi connectivity index (χ3n) is 6.77. The number of nitrogens with one attached hydrogen (secondary N) is 1. The number of rotatable bonds is 12. The number of hydrogen-bond donors (Lipinski definition) is 3. The Bertz CT molecular complexity index is 1100. The van der Waals surface area contributed by atoms with E-state index in [0.29, 0.717) is 12.3 Å². The Hall–Kier alpha value is -2.60. The van der Waals surface area contributed by atoms with Gasteiger partial charge in [0.2, 0.25) is 0 Å². The number of esters is 1. The number of para-hydroxylation sites is 1. The average Bonchev–Trinajstić information content (AvgIpc) is 3.08. The first-order chi connectivity index (χ1) is 19.0. The van der Waals surface area contributed by atoms with Crippen LogP contribution in [0.5, 0.6) is 5.75 Å². The Balaban J connectivity index is 1.33. The Morgan fingerprint density at radius 2 is 1.95 bits per heavy atom. The molecule has 1 aliphatic carbocycles. The minimum atomic E-state index is -1.69. The molecule has 1 aliphatic heterocycles. The fourth-order valence-corrected chi connectivity index (χ4v) is 5.78. The maximum atomic E-state index is 12.5. The summed E-state index contributed by atoms with van der Waals surface area (Å²) in [6.45, 7) is 0.447. The number of carbonyl (C=O) groups is 1. The number of nitrogen functional groups attached to an aromatic ring is 1. The van der Waals surface area contributed by atoms with Crippen molar-refractivity contribution in [1.29, 1.82) is 0 Å². The highest BCUT2D eigenvalue weighted by atomic mass is 31.2. The summed E-state index contributed by atoms with van der Waals surface area (Å²) in [5.41, 5.74) is 4.97. The molecule has 2 fully saturated rings. The van der Waals surface area contributed by atoms with E-state index in [1.165, 1.54) is 36.8 Å². The quantitative estimate of drug-likeness (QED) is 0.151. The second-order valence-electron chi connectivity index (χ2n) is 9.52. The van der Waals surface area contributed by atoms with E-state index in [9.17, 15) is 14.7 Å². The van der Waals surface area contributed by atoms with Crippen LogP contribution in [0.1, 0.15) is 44.8 Å². The number of hydrogen-bond acceptors (Lipinski definition) is 11. The third kappa shape index (κ3) is 8.20. The van der Waals surface area contributed by atoms with Gasteiger partial charge in [-0.15, -0.1) is 0 Å². The third-order valence-corrected chi connectivity index (χ3v) is 8.02. The molecule has 1 saturated heterocycles. The minimum absolute atomic E-state index is 0.0303. The van der Waals surface area contributed by atoms with E-state index < -0.39 is 38.8 Å². The molecule has 1 saturated carbocycles. The molecule has 0 amide bonds. The van der Waals surface area contributed by atoms with Crippen molar-refractivity contribution in [2.75, 3.05) is 32.6 Å². The summed E-state index contributed by atoms with van der Waals surface area (Å²) in [6.07, 6.45) is 4.01. The van der Waals surface area contributed by atoms with E-state index in [4.69, 9.17) is 29.0 Å². The molecule has 1 aromatic heterocycles. The summed E-state index contributed by atoms with van der Waals surface area (Å²) < 4.78 is 30.1. The van der Waals surface area contributed by atoms with E-state index in [1.807, 2.05) is 18.2 Å². The summed E-state index contributed by atoms with van der Waals surface area (Å²) in [7, 11) is -0.267. The molecule has 2 heterocycles. The van der Waals surface area contributed by atoms with Crippen LogP contribution in [-0.2, 0) is 23.5 Å². The second kappa shape index (κ2) is 14.7. The van der Waals surface area contributed by atoms with Crippen LogP contribution >= 0.6 is 8.53 Å². The van der Waals surface area contributed by atoms with Gasteiger partial charge in [-0.25, -0.2) is 9.88 Å². The molecule has 5 atom stereocenters. The van der Waals surface area contributed by atoms with Gasteiger partial charge in [0.25, 0.3) is 0 Å². The van der Waals surface area contributed by atoms with Crippen molar-refractivity contribution in [2.45, 2.75) is 63.1 Å². The van der Waals surface area contributed by atoms with Crippen LogP contribution in [-0.4, -0.2) is 65.8 Å². The average molecular weight is 565 g/mol. The molecular weight excluding hydrogens is 527 g/mol. The summed E-state index contributed by atoms with van der Waals surface area (Å²) in [5, 5.41) is 14.0. The highest BCUT2D eigenvalue weighted by molar-refractivity contribution is 7.45. The fraction of sp³-hybridized carbons (Fsp3) is 0.577. The van der Waals surface area contributed by atoms with Crippen molar-refractivity contribution in [3.8, 4) is 5.75 Å². The first-order valence-electron chi connectivity index (χ1n) is 13.2. The van der Waals surface area contributed by atoms with Gasteiger partial charge in [0, 0.05) is 19.9 Å². The van der Waals surface area contributed by atoms with Gasteiger partial charge in [0.1, 0.15) is 36.5 Å². The zero-order valence-electron chi connectivity index (χ0n) is 22.0. The van der Waals surface area contributed by atoms with E-state index in [0.717, 1.165) is 25.7 Å². The maximum absolute atomic E-state index is 12.5. The minimum Gasteiger partial charge on any atom is -0.464 e. The number of ether oxygens (including phenoxy) is 3. The highest BCUT2D eigenvalue weighted by Crippen LogP contribution is 2.38. The van der Waals surface area contributed by atoms with E-state index in [-0.39, 0.29) is 30.9 Å². The monoisotopic (exact) mass is 564 g/mol. The number of methoxy groups -OCH3 is 1. The van der Waals surface area contributed by atoms with Gasteiger partial charge in [-0.05, 0) is 31.0 Å². The van der Waals surface area contributed by atoms with Crippen molar-refractivity contribution in [3.05, 3.63) is 53.1 Å². The van der Waals surface area contributed by atoms with Crippen molar-refractivity contribution in [2.24, 2.45) is 5.92 Å². The van der Waals surface area contributed by atoms with Gasteiger partial charge in [0.05, 0.1) is 12.5 Å². The lowest BCUT2D eigenvalue weighted by molar-refractivity contribution is -0.148. The first kappa shape index (κ1) is 29.4. The van der Waals surface area contributed by atoms with E-state index in [2.05, 4.69) is 10.1 Å². The molecule has 3 unspecified atom stereocenters. The van der Waals surface area contributed by atoms with Gasteiger partial charge in [-0.3, -0.25) is 9.36 Å². The Labute approximate surface area is 228 Å². The maximum Gasteiger partial charge on any atom is 0.351 e. The van der Waals surface area contributed by atoms with Gasteiger partial charge in [-0.2, -0.15) is 4.98 Å². The predicted molar refractivity (Wildman–Crippen MR) is 144 cm³/mol. The van der Waals surface area contributed by atoms with Gasteiger partial charge in [0.15, 0.2) is 6.23 Å². The summed E-state index contributed by atoms with van der Waals surface area (Å²) in [6, 6.07) is 10.6. The standard InChI is InChI=1S/C26H37N4O8P/c1-34-23-22(31)20(37-24(23)30-15-13-21(27)29-26(30)33)17-36-39(38-19-11-7-4-8-12-19)28-14-16-35-25(32)18-9-5-2-3-6-10-18/h4,7-8,11-13,15,18,20,22-24,28,31H,2-3,5-6,9-10,14,16-17H2,1H3,(H2,27,29,33)/t20-,22?,23?,24-,39?/m1/s1. The molecule has 1 aromatic carbocycles. The zero-order valence-corrected chi connectivity index (χ0v) is 22.9. The molecule has 13 heteroatoms. The van der Waals surface area contributed by atoms with Gasteiger partial charge >= 0.3 is 20.2 Å². The number of nitrogens with two attached hydrogens (primary N) is 1. The molecule has 4 N–H and O–H groups in total. The molecule has 39 heavy (non-hydrogen) atoms. The lowest BCUT2D eigenvalue weighted by Gasteiger charge is -2.22. The molecule has 0 radical (unpaired) electrons. The van der Waals surface area contributed by atoms with Crippen LogP contribution < -0.4 is 21.0 Å². The lowest BCUT2D eigenvalue weighted by Crippen LogP contribution is -2.37. The largest absolute Gasteiger partial charge is 0.464 e.